The van der Waals surface area contributed by atoms with Crippen molar-refractivity contribution in [1.82, 2.24) is 15.1 Å². The van der Waals surface area contributed by atoms with Crippen molar-refractivity contribution in [1.29, 1.82) is 0 Å². The molecule has 0 spiro atoms. The van der Waals surface area contributed by atoms with Gasteiger partial charge in [-0.05, 0) is 53.1 Å². The average molecular weight is 356 g/mol. The van der Waals surface area contributed by atoms with Crippen LogP contribution in [-0.2, 0) is 6.42 Å². The molecule has 1 heterocycles. The predicted octanol–water partition coefficient (Wildman–Crippen LogP) is 4.39. The molecule has 0 aliphatic carbocycles. The van der Waals surface area contributed by atoms with Gasteiger partial charge in [0.05, 0.1) is 5.69 Å². The monoisotopic (exact) mass is 356 g/mol. The van der Waals surface area contributed by atoms with Crippen LogP contribution in [0, 0.1) is 0 Å². The summed E-state index contributed by atoms with van der Waals surface area (Å²) in [7, 11) is 0. The Kier molecular flexibility index (Phi) is 4.83. The number of hydrogen-bond acceptors (Lipinski definition) is 2. The van der Waals surface area contributed by atoms with E-state index in [4.69, 9.17) is 0 Å². The molecule has 0 saturated heterocycles. The summed E-state index contributed by atoms with van der Waals surface area (Å²) in [6.07, 6.45) is 4.43. The second kappa shape index (κ2) is 7.74. The van der Waals surface area contributed by atoms with Gasteiger partial charge in [-0.3, -0.25) is 0 Å². The van der Waals surface area contributed by atoms with Crippen molar-refractivity contribution in [2.24, 2.45) is 0 Å². The number of nitrogens with one attached hydrogen (secondary N) is 2. The van der Waals surface area contributed by atoms with E-state index in [2.05, 4.69) is 33.9 Å². The fraction of sp³-hybridized carbons (Fsp3) is 0.0909. The lowest BCUT2D eigenvalue weighted by Gasteiger charge is -2.09. The molecule has 5 heteroatoms. The maximum atomic E-state index is 12.1. The predicted molar refractivity (Wildman–Crippen MR) is 108 cm³/mol. The van der Waals surface area contributed by atoms with E-state index >= 15 is 0 Å². The minimum absolute atomic E-state index is 0.196. The van der Waals surface area contributed by atoms with E-state index in [1.807, 2.05) is 65.5 Å². The number of urea groups is 1. The minimum atomic E-state index is -0.196. The van der Waals surface area contributed by atoms with E-state index in [1.54, 1.807) is 6.20 Å². The van der Waals surface area contributed by atoms with Crippen LogP contribution in [0.5, 0.6) is 0 Å². The van der Waals surface area contributed by atoms with Crippen molar-refractivity contribution in [3.05, 3.63) is 90.8 Å². The van der Waals surface area contributed by atoms with Crippen LogP contribution in [-0.4, -0.2) is 22.4 Å². The lowest BCUT2D eigenvalue weighted by atomic mass is 10.1. The van der Waals surface area contributed by atoms with Gasteiger partial charge in [0.15, 0.2) is 0 Å². The Bertz CT molecular complexity index is 1040. The number of nitrogens with zero attached hydrogens (tertiary/aromatic N) is 2. The zero-order valence-corrected chi connectivity index (χ0v) is 14.8. The second-order valence-electron chi connectivity index (χ2n) is 6.31. The van der Waals surface area contributed by atoms with Gasteiger partial charge in [0, 0.05) is 24.6 Å². The molecule has 4 aromatic rings. The Labute approximate surface area is 157 Å². The van der Waals surface area contributed by atoms with Gasteiger partial charge in [-0.25, -0.2) is 9.48 Å². The number of carbonyl (C=O) groups is 1. The fourth-order valence-corrected chi connectivity index (χ4v) is 3.00. The van der Waals surface area contributed by atoms with Crippen molar-refractivity contribution in [3.63, 3.8) is 0 Å². The molecule has 1 aromatic heterocycles. The third kappa shape index (κ3) is 4.15. The molecule has 27 heavy (non-hydrogen) atoms. The molecule has 0 fully saturated rings. The third-order valence-electron chi connectivity index (χ3n) is 4.41. The van der Waals surface area contributed by atoms with E-state index < -0.39 is 0 Å². The molecule has 0 bridgehead atoms. The van der Waals surface area contributed by atoms with Gasteiger partial charge in [-0.2, -0.15) is 5.10 Å². The van der Waals surface area contributed by atoms with E-state index in [9.17, 15) is 4.79 Å². The van der Waals surface area contributed by atoms with Crippen LogP contribution in [0.1, 0.15) is 5.56 Å². The Morgan fingerprint density at radius 3 is 2.52 bits per heavy atom. The van der Waals surface area contributed by atoms with Crippen molar-refractivity contribution >= 4 is 22.5 Å². The van der Waals surface area contributed by atoms with Crippen molar-refractivity contribution in [3.8, 4) is 5.69 Å². The molecular weight excluding hydrogens is 336 g/mol. The highest BCUT2D eigenvalue weighted by Gasteiger charge is 2.03. The molecule has 3 aromatic carbocycles. The third-order valence-corrected chi connectivity index (χ3v) is 4.41. The molecule has 5 nitrogen and oxygen atoms in total. The lowest BCUT2D eigenvalue weighted by Crippen LogP contribution is -2.30. The first kappa shape index (κ1) is 16.8. The number of rotatable bonds is 5. The van der Waals surface area contributed by atoms with Crippen LogP contribution < -0.4 is 10.6 Å². The van der Waals surface area contributed by atoms with Gasteiger partial charge in [0.25, 0.3) is 0 Å². The van der Waals surface area contributed by atoms with Crippen LogP contribution in [0.25, 0.3) is 16.5 Å². The Hall–Kier alpha value is -3.60. The first-order valence-corrected chi connectivity index (χ1v) is 8.90. The first-order valence-electron chi connectivity index (χ1n) is 8.90. The average Bonchev–Trinajstić information content (AvgIpc) is 3.23. The van der Waals surface area contributed by atoms with Crippen molar-refractivity contribution < 1.29 is 4.79 Å². The molecule has 0 aliphatic rings. The highest BCUT2D eigenvalue weighted by molar-refractivity contribution is 5.93. The number of carbonyl (C=O) groups excluding carboxylic acids is 1. The molecule has 2 amide bonds. The number of amides is 2. The Morgan fingerprint density at radius 1 is 0.926 bits per heavy atom. The maximum Gasteiger partial charge on any atom is 0.319 e. The summed E-state index contributed by atoms with van der Waals surface area (Å²) in [5, 5.41) is 12.3. The minimum Gasteiger partial charge on any atom is -0.338 e. The largest absolute Gasteiger partial charge is 0.338 e. The smallest absolute Gasteiger partial charge is 0.319 e. The first-order chi connectivity index (χ1) is 13.3. The molecule has 0 saturated carbocycles. The van der Waals surface area contributed by atoms with Crippen LogP contribution >= 0.6 is 0 Å². The van der Waals surface area contributed by atoms with Gasteiger partial charge < -0.3 is 10.6 Å². The summed E-state index contributed by atoms with van der Waals surface area (Å²) in [4.78, 5) is 12.1. The van der Waals surface area contributed by atoms with E-state index in [1.165, 1.54) is 0 Å². The summed E-state index contributed by atoms with van der Waals surface area (Å²) in [6, 6.07) is 23.8. The fourth-order valence-electron chi connectivity index (χ4n) is 3.00. The normalized spacial score (nSPS) is 10.7. The number of benzene rings is 3. The van der Waals surface area contributed by atoms with Gasteiger partial charge in [-0.1, -0.05) is 42.5 Å². The maximum absolute atomic E-state index is 12.1. The summed E-state index contributed by atoms with van der Waals surface area (Å²) in [6.45, 7) is 0.570. The van der Waals surface area contributed by atoms with E-state index in [0.29, 0.717) is 6.54 Å². The zero-order chi connectivity index (χ0) is 18.5. The van der Waals surface area contributed by atoms with Crippen LogP contribution in [0.3, 0.4) is 0 Å². The van der Waals surface area contributed by atoms with Crippen molar-refractivity contribution in [2.45, 2.75) is 6.42 Å². The summed E-state index contributed by atoms with van der Waals surface area (Å²) in [5.41, 5.74) is 2.97. The molecule has 4 rings (SSSR count). The Balaban J connectivity index is 1.28. The molecule has 2 N–H and O–H groups in total. The molecule has 0 aliphatic heterocycles. The Morgan fingerprint density at radius 2 is 1.74 bits per heavy atom. The standard InChI is InChI=1S/C22H20N4O/c27-22(25-20-9-8-18-4-1-2-5-19(18)16-20)23-14-12-17-6-10-21(11-7-17)26-15-3-13-24-26/h1-11,13,15-16H,12,14H2,(H2,23,25,27). The SMILES string of the molecule is O=C(NCCc1ccc(-n2cccn2)cc1)Nc1ccc2ccccc2c1. The lowest BCUT2D eigenvalue weighted by molar-refractivity contribution is 0.252. The molecule has 134 valence electrons. The second-order valence-corrected chi connectivity index (χ2v) is 6.31. The zero-order valence-electron chi connectivity index (χ0n) is 14.8. The van der Waals surface area contributed by atoms with Crippen LogP contribution in [0.15, 0.2) is 85.2 Å². The van der Waals surface area contributed by atoms with Gasteiger partial charge in [-0.15, -0.1) is 0 Å². The number of aromatic nitrogens is 2. The highest BCUT2D eigenvalue weighted by Crippen LogP contribution is 2.18. The quantitative estimate of drug-likeness (QED) is 0.557. The van der Waals surface area contributed by atoms with E-state index in [0.717, 1.165) is 34.1 Å². The molecule has 0 radical (unpaired) electrons. The molecule has 0 atom stereocenters. The number of fused-ring (bicyclic) bond motifs is 1. The summed E-state index contributed by atoms with van der Waals surface area (Å²) in [5.74, 6) is 0. The highest BCUT2D eigenvalue weighted by atomic mass is 16.2. The molecular formula is C22H20N4O. The van der Waals surface area contributed by atoms with Crippen LogP contribution in [0.2, 0.25) is 0 Å². The topological polar surface area (TPSA) is 59.0 Å². The number of hydrogen-bond donors (Lipinski definition) is 2. The summed E-state index contributed by atoms with van der Waals surface area (Å²) >= 11 is 0. The summed E-state index contributed by atoms with van der Waals surface area (Å²) < 4.78 is 1.82. The van der Waals surface area contributed by atoms with Crippen LogP contribution in [0.4, 0.5) is 10.5 Å². The van der Waals surface area contributed by atoms with E-state index in [-0.39, 0.29) is 6.03 Å². The van der Waals surface area contributed by atoms with Gasteiger partial charge >= 0.3 is 6.03 Å². The van der Waals surface area contributed by atoms with Gasteiger partial charge in [0.2, 0.25) is 0 Å². The van der Waals surface area contributed by atoms with Gasteiger partial charge in [0.1, 0.15) is 0 Å². The van der Waals surface area contributed by atoms with Crippen molar-refractivity contribution in [2.75, 3.05) is 11.9 Å². The molecule has 0 unspecified atom stereocenters. The number of anilines is 1.